The smallest absolute Gasteiger partial charge is 0.360 e. The van der Waals surface area contributed by atoms with Gasteiger partial charge in [-0.05, 0) is 12.1 Å². The van der Waals surface area contributed by atoms with Crippen molar-refractivity contribution >= 4 is 34.8 Å². The SMILES string of the molecule is O=c1cc[nH]c(-c2cc(Cl)c(Cl)cc2Cl)c1C(F)(F)F. The zero-order chi connectivity index (χ0) is 15.1. The second-order valence-electron chi connectivity index (χ2n) is 3.84. The molecule has 2 nitrogen and oxygen atoms in total. The molecule has 0 amide bonds. The second-order valence-corrected chi connectivity index (χ2v) is 5.06. The van der Waals surface area contributed by atoms with Gasteiger partial charge in [0.15, 0.2) is 5.43 Å². The molecule has 0 saturated carbocycles. The number of rotatable bonds is 1. The number of aromatic amines is 1. The zero-order valence-electron chi connectivity index (χ0n) is 9.49. The van der Waals surface area contributed by atoms with E-state index in [4.69, 9.17) is 34.8 Å². The van der Waals surface area contributed by atoms with Crippen molar-refractivity contribution in [2.45, 2.75) is 6.18 Å². The molecule has 0 unspecified atom stereocenters. The fraction of sp³-hybridized carbons (Fsp3) is 0.0833. The molecule has 1 N–H and O–H groups in total. The lowest BCUT2D eigenvalue weighted by atomic mass is 10.0. The van der Waals surface area contributed by atoms with Crippen LogP contribution in [0.15, 0.2) is 29.2 Å². The van der Waals surface area contributed by atoms with Crippen LogP contribution in [-0.2, 0) is 6.18 Å². The number of pyridine rings is 1. The number of H-pyrrole nitrogens is 1. The van der Waals surface area contributed by atoms with Crippen molar-refractivity contribution in [3.05, 3.63) is 55.3 Å². The van der Waals surface area contributed by atoms with Crippen LogP contribution < -0.4 is 5.43 Å². The Morgan fingerprint density at radius 2 is 1.60 bits per heavy atom. The topological polar surface area (TPSA) is 32.9 Å². The van der Waals surface area contributed by atoms with Crippen LogP contribution in [0, 0.1) is 0 Å². The van der Waals surface area contributed by atoms with Gasteiger partial charge in [-0.3, -0.25) is 4.79 Å². The summed E-state index contributed by atoms with van der Waals surface area (Å²) in [5.74, 6) is 0. The van der Waals surface area contributed by atoms with Crippen molar-refractivity contribution in [3.8, 4) is 11.3 Å². The highest BCUT2D eigenvalue weighted by atomic mass is 35.5. The second kappa shape index (κ2) is 5.31. The average molecular weight is 343 g/mol. The van der Waals surface area contributed by atoms with E-state index in [0.29, 0.717) is 0 Å². The molecule has 1 aromatic heterocycles. The molecule has 0 spiro atoms. The van der Waals surface area contributed by atoms with Crippen LogP contribution in [-0.4, -0.2) is 4.98 Å². The molecule has 1 aromatic carbocycles. The van der Waals surface area contributed by atoms with Crippen molar-refractivity contribution in [2.75, 3.05) is 0 Å². The molecule has 0 fully saturated rings. The molecule has 0 atom stereocenters. The molecule has 20 heavy (non-hydrogen) atoms. The number of benzene rings is 1. The first-order valence-electron chi connectivity index (χ1n) is 5.15. The maximum atomic E-state index is 13.0. The Hall–Kier alpha value is -1.17. The van der Waals surface area contributed by atoms with E-state index in [9.17, 15) is 18.0 Å². The van der Waals surface area contributed by atoms with E-state index in [-0.39, 0.29) is 20.6 Å². The third kappa shape index (κ3) is 2.80. The van der Waals surface area contributed by atoms with Crippen LogP contribution in [0.2, 0.25) is 15.1 Å². The number of halogens is 6. The molecule has 0 bridgehead atoms. The predicted octanol–water partition coefficient (Wildman–Crippen LogP) is 5.02. The van der Waals surface area contributed by atoms with Crippen molar-refractivity contribution < 1.29 is 13.2 Å². The molecule has 0 saturated heterocycles. The van der Waals surface area contributed by atoms with Gasteiger partial charge in [0.1, 0.15) is 5.56 Å². The van der Waals surface area contributed by atoms with Gasteiger partial charge in [0.05, 0.1) is 20.8 Å². The highest BCUT2D eigenvalue weighted by Crippen LogP contribution is 2.39. The third-order valence-electron chi connectivity index (χ3n) is 2.52. The number of alkyl halides is 3. The van der Waals surface area contributed by atoms with Crippen molar-refractivity contribution in [3.63, 3.8) is 0 Å². The summed E-state index contributed by atoms with van der Waals surface area (Å²) in [6.07, 6.45) is -3.72. The Bertz CT molecular complexity index is 725. The lowest BCUT2D eigenvalue weighted by molar-refractivity contribution is -0.138. The number of nitrogens with one attached hydrogen (secondary N) is 1. The van der Waals surface area contributed by atoms with E-state index in [1.807, 2.05) is 0 Å². The van der Waals surface area contributed by atoms with Crippen molar-refractivity contribution in [1.29, 1.82) is 0 Å². The Morgan fingerprint density at radius 1 is 1.00 bits per heavy atom. The highest BCUT2D eigenvalue weighted by molar-refractivity contribution is 6.44. The van der Waals surface area contributed by atoms with Gasteiger partial charge >= 0.3 is 6.18 Å². The van der Waals surface area contributed by atoms with Crippen molar-refractivity contribution in [1.82, 2.24) is 4.98 Å². The fourth-order valence-electron chi connectivity index (χ4n) is 1.69. The summed E-state index contributed by atoms with van der Waals surface area (Å²) in [4.78, 5) is 13.9. The molecule has 2 aromatic rings. The number of aromatic nitrogens is 1. The van der Waals surface area contributed by atoms with E-state index in [1.54, 1.807) is 0 Å². The Kier molecular flexibility index (Phi) is 4.04. The number of hydrogen-bond donors (Lipinski definition) is 1. The molecular formula is C12H5Cl3F3NO. The normalized spacial score (nSPS) is 11.7. The summed E-state index contributed by atoms with van der Waals surface area (Å²) < 4.78 is 39.0. The zero-order valence-corrected chi connectivity index (χ0v) is 11.8. The summed E-state index contributed by atoms with van der Waals surface area (Å²) in [7, 11) is 0. The van der Waals surface area contributed by atoms with Crippen LogP contribution in [0.5, 0.6) is 0 Å². The molecule has 8 heteroatoms. The van der Waals surface area contributed by atoms with Crippen LogP contribution >= 0.6 is 34.8 Å². The van der Waals surface area contributed by atoms with Gasteiger partial charge < -0.3 is 4.98 Å². The number of hydrogen-bond acceptors (Lipinski definition) is 1. The molecule has 106 valence electrons. The quantitative estimate of drug-likeness (QED) is 0.725. The fourth-order valence-corrected chi connectivity index (χ4v) is 2.33. The van der Waals surface area contributed by atoms with E-state index < -0.39 is 22.9 Å². The first-order valence-corrected chi connectivity index (χ1v) is 6.29. The van der Waals surface area contributed by atoms with Gasteiger partial charge in [-0.15, -0.1) is 0 Å². The molecule has 0 radical (unpaired) electrons. The summed E-state index contributed by atoms with van der Waals surface area (Å²) in [6.45, 7) is 0. The molecule has 2 rings (SSSR count). The summed E-state index contributed by atoms with van der Waals surface area (Å²) in [5, 5.41) is 0.0860. The van der Waals surface area contributed by atoms with Gasteiger partial charge in [0, 0.05) is 17.8 Å². The first kappa shape index (κ1) is 15.2. The largest absolute Gasteiger partial charge is 0.422 e. The molecular weight excluding hydrogens is 337 g/mol. The van der Waals surface area contributed by atoms with Crippen LogP contribution in [0.3, 0.4) is 0 Å². The van der Waals surface area contributed by atoms with E-state index in [2.05, 4.69) is 4.98 Å². The van der Waals surface area contributed by atoms with Crippen molar-refractivity contribution in [2.24, 2.45) is 0 Å². The van der Waals surface area contributed by atoms with Crippen LogP contribution in [0.1, 0.15) is 5.56 Å². The summed E-state index contributed by atoms with van der Waals surface area (Å²) in [6, 6.07) is 3.18. The van der Waals surface area contributed by atoms with Crippen LogP contribution in [0.25, 0.3) is 11.3 Å². The Morgan fingerprint density at radius 3 is 2.20 bits per heavy atom. The van der Waals surface area contributed by atoms with E-state index in [1.165, 1.54) is 12.1 Å². The first-order chi connectivity index (χ1) is 9.21. The minimum atomic E-state index is -4.82. The minimum Gasteiger partial charge on any atom is -0.360 e. The lowest BCUT2D eigenvalue weighted by Gasteiger charge is -2.13. The Balaban J connectivity index is 2.81. The van der Waals surface area contributed by atoms with Crippen LogP contribution in [0.4, 0.5) is 13.2 Å². The maximum Gasteiger partial charge on any atom is 0.422 e. The maximum absolute atomic E-state index is 13.0. The third-order valence-corrected chi connectivity index (χ3v) is 3.56. The van der Waals surface area contributed by atoms with Gasteiger partial charge in [-0.1, -0.05) is 34.8 Å². The van der Waals surface area contributed by atoms with Gasteiger partial charge in [0.25, 0.3) is 0 Å². The van der Waals surface area contributed by atoms with Gasteiger partial charge in [-0.25, -0.2) is 0 Å². The average Bonchev–Trinajstić information content (AvgIpc) is 2.32. The molecule has 0 aliphatic heterocycles. The molecule has 0 aliphatic rings. The van der Waals surface area contributed by atoms with E-state index in [0.717, 1.165) is 12.3 Å². The Labute approximate surface area is 126 Å². The standard InChI is InChI=1S/C12H5Cl3F3NO/c13-6-4-8(15)7(14)3-5(6)11-10(12(16,17)18)9(20)1-2-19-11/h1-4H,(H,19,20). The predicted molar refractivity (Wildman–Crippen MR) is 72.5 cm³/mol. The summed E-state index contributed by atoms with van der Waals surface area (Å²) >= 11 is 17.4. The summed E-state index contributed by atoms with van der Waals surface area (Å²) in [5.41, 5.74) is -2.99. The highest BCUT2D eigenvalue weighted by Gasteiger charge is 2.37. The van der Waals surface area contributed by atoms with Gasteiger partial charge in [-0.2, -0.15) is 13.2 Å². The molecule has 0 aliphatic carbocycles. The minimum absolute atomic E-state index is 0.0314. The van der Waals surface area contributed by atoms with Gasteiger partial charge in [0.2, 0.25) is 0 Å². The molecule has 1 heterocycles. The lowest BCUT2D eigenvalue weighted by Crippen LogP contribution is -2.20. The van der Waals surface area contributed by atoms with E-state index >= 15 is 0 Å². The monoisotopic (exact) mass is 341 g/mol.